The van der Waals surface area contributed by atoms with Crippen molar-refractivity contribution in [3.8, 4) is 5.75 Å². The summed E-state index contributed by atoms with van der Waals surface area (Å²) in [7, 11) is 0. The zero-order chi connectivity index (χ0) is 20.3. The Morgan fingerprint density at radius 1 is 1.11 bits per heavy atom. The second-order valence-electron chi connectivity index (χ2n) is 7.14. The molecule has 4 nitrogen and oxygen atoms in total. The largest absolute Gasteiger partial charge is 0.482 e. The lowest BCUT2D eigenvalue weighted by Gasteiger charge is -2.44. The van der Waals surface area contributed by atoms with Crippen molar-refractivity contribution in [2.45, 2.75) is 32.5 Å². The molecule has 2 atom stereocenters. The number of nitrogens with zero attached hydrogens (tertiary/aromatic N) is 2. The third-order valence-corrected chi connectivity index (χ3v) is 5.80. The number of ether oxygens (including phenoxy) is 1. The first-order valence-electron chi connectivity index (χ1n) is 9.20. The highest BCUT2D eigenvalue weighted by Gasteiger charge is 2.32. The predicted molar refractivity (Wildman–Crippen MR) is 109 cm³/mol. The number of amides is 1. The molecule has 0 radical (unpaired) electrons. The summed E-state index contributed by atoms with van der Waals surface area (Å²) >= 11 is 12.1. The molecule has 2 aromatic rings. The fourth-order valence-corrected chi connectivity index (χ4v) is 3.75. The predicted octanol–water partition coefficient (Wildman–Crippen LogP) is 4.63. The van der Waals surface area contributed by atoms with Gasteiger partial charge in [0.05, 0.1) is 5.02 Å². The van der Waals surface area contributed by atoms with Gasteiger partial charge in [0.2, 0.25) is 0 Å². The van der Waals surface area contributed by atoms with E-state index < -0.39 is 0 Å². The molecule has 0 N–H and O–H groups in total. The standard InChI is InChI=1S/C21H23Cl2FN2O2/c1-14-11-26(20(27)13-28-19-5-3-4-18(22)21(19)23)15(2)10-25(14)12-16-6-8-17(24)9-7-16/h3-9,14-15H,10-13H2,1-2H3/t14-,15+/m1/s1. The Kier molecular flexibility index (Phi) is 6.81. The highest BCUT2D eigenvalue weighted by Crippen LogP contribution is 2.31. The molecule has 0 saturated carbocycles. The summed E-state index contributed by atoms with van der Waals surface area (Å²) in [6, 6.07) is 11.9. The molecule has 1 aliphatic heterocycles. The Bertz CT molecular complexity index is 832. The molecular formula is C21H23Cl2FN2O2. The smallest absolute Gasteiger partial charge is 0.260 e. The minimum absolute atomic E-state index is 0.0441. The van der Waals surface area contributed by atoms with Crippen molar-refractivity contribution in [1.29, 1.82) is 0 Å². The van der Waals surface area contributed by atoms with Crippen LogP contribution in [0.5, 0.6) is 5.75 Å². The maximum atomic E-state index is 13.1. The first kappa shape index (κ1) is 20.9. The van der Waals surface area contributed by atoms with Crippen LogP contribution in [-0.2, 0) is 11.3 Å². The number of benzene rings is 2. The number of rotatable bonds is 5. The number of carbonyl (C=O) groups is 1. The zero-order valence-corrected chi connectivity index (χ0v) is 17.4. The molecule has 1 aliphatic rings. The van der Waals surface area contributed by atoms with E-state index in [4.69, 9.17) is 27.9 Å². The third-order valence-electron chi connectivity index (χ3n) is 5.00. The number of hydrogen-bond donors (Lipinski definition) is 0. The number of hydrogen-bond acceptors (Lipinski definition) is 3. The molecule has 1 amide bonds. The van der Waals surface area contributed by atoms with Crippen LogP contribution in [-0.4, -0.2) is 47.5 Å². The highest BCUT2D eigenvalue weighted by atomic mass is 35.5. The molecule has 0 bridgehead atoms. The average molecular weight is 425 g/mol. The van der Waals surface area contributed by atoms with Crippen LogP contribution in [0.3, 0.4) is 0 Å². The average Bonchev–Trinajstić information content (AvgIpc) is 2.67. The lowest BCUT2D eigenvalue weighted by molar-refractivity contribution is -0.139. The van der Waals surface area contributed by atoms with Gasteiger partial charge in [0, 0.05) is 31.7 Å². The Hall–Kier alpha value is -1.82. The van der Waals surface area contributed by atoms with Crippen LogP contribution in [0.4, 0.5) is 4.39 Å². The Balaban J connectivity index is 1.57. The van der Waals surface area contributed by atoms with E-state index >= 15 is 0 Å². The van der Waals surface area contributed by atoms with Crippen molar-refractivity contribution in [1.82, 2.24) is 9.80 Å². The normalized spacial score (nSPS) is 20.2. The quantitative estimate of drug-likeness (QED) is 0.700. The Labute approximate surface area is 174 Å². The summed E-state index contributed by atoms with van der Waals surface area (Å²) in [5.74, 6) is 0.0791. The van der Waals surface area contributed by atoms with Crippen LogP contribution < -0.4 is 4.74 Å². The summed E-state index contributed by atoms with van der Waals surface area (Å²) in [6.07, 6.45) is 0. The molecule has 1 heterocycles. The van der Waals surface area contributed by atoms with E-state index in [1.165, 1.54) is 12.1 Å². The van der Waals surface area contributed by atoms with Crippen LogP contribution >= 0.6 is 23.2 Å². The van der Waals surface area contributed by atoms with Crippen LogP contribution in [0.15, 0.2) is 42.5 Å². The maximum absolute atomic E-state index is 13.1. The molecule has 0 aliphatic carbocycles. The fraction of sp³-hybridized carbons (Fsp3) is 0.381. The van der Waals surface area contributed by atoms with Gasteiger partial charge in [-0.3, -0.25) is 9.69 Å². The molecular weight excluding hydrogens is 402 g/mol. The number of piperazine rings is 1. The lowest BCUT2D eigenvalue weighted by atomic mass is 10.1. The van der Waals surface area contributed by atoms with E-state index in [2.05, 4.69) is 11.8 Å². The van der Waals surface area contributed by atoms with Gasteiger partial charge >= 0.3 is 0 Å². The van der Waals surface area contributed by atoms with Crippen LogP contribution in [0, 0.1) is 5.82 Å². The van der Waals surface area contributed by atoms with Crippen molar-refractivity contribution < 1.29 is 13.9 Å². The van der Waals surface area contributed by atoms with E-state index in [1.807, 2.05) is 11.8 Å². The van der Waals surface area contributed by atoms with Crippen LogP contribution in [0.25, 0.3) is 0 Å². The van der Waals surface area contributed by atoms with Crippen molar-refractivity contribution in [2.24, 2.45) is 0 Å². The summed E-state index contributed by atoms with van der Waals surface area (Å²) < 4.78 is 18.7. The van der Waals surface area contributed by atoms with Gasteiger partial charge in [0.1, 0.15) is 16.6 Å². The molecule has 0 spiro atoms. The fourth-order valence-electron chi connectivity index (χ4n) is 3.41. The molecule has 150 valence electrons. The van der Waals surface area contributed by atoms with E-state index in [0.29, 0.717) is 22.3 Å². The third kappa shape index (κ3) is 4.96. The Morgan fingerprint density at radius 2 is 1.82 bits per heavy atom. The first-order chi connectivity index (χ1) is 13.3. The molecule has 0 unspecified atom stereocenters. The van der Waals surface area contributed by atoms with Gasteiger partial charge in [0.15, 0.2) is 6.61 Å². The van der Waals surface area contributed by atoms with Gasteiger partial charge in [-0.15, -0.1) is 0 Å². The Morgan fingerprint density at radius 3 is 2.54 bits per heavy atom. The van der Waals surface area contributed by atoms with Gasteiger partial charge in [-0.2, -0.15) is 0 Å². The molecule has 7 heteroatoms. The van der Waals surface area contributed by atoms with Crippen LogP contribution in [0.1, 0.15) is 19.4 Å². The van der Waals surface area contributed by atoms with E-state index in [9.17, 15) is 9.18 Å². The molecule has 1 saturated heterocycles. The molecule has 0 aromatic heterocycles. The summed E-state index contributed by atoms with van der Waals surface area (Å²) in [6.45, 7) is 6.09. The first-order valence-corrected chi connectivity index (χ1v) is 9.95. The molecule has 28 heavy (non-hydrogen) atoms. The van der Waals surface area contributed by atoms with Crippen molar-refractivity contribution >= 4 is 29.1 Å². The summed E-state index contributed by atoms with van der Waals surface area (Å²) in [5.41, 5.74) is 1.05. The minimum atomic E-state index is -0.236. The SMILES string of the molecule is C[C@@H]1CN(C(=O)COc2cccc(Cl)c2Cl)[C@@H](C)CN1Cc1ccc(F)cc1. The zero-order valence-electron chi connectivity index (χ0n) is 15.9. The number of carbonyl (C=O) groups excluding carboxylic acids is 1. The van der Waals surface area contributed by atoms with Gasteiger partial charge < -0.3 is 9.64 Å². The summed E-state index contributed by atoms with van der Waals surface area (Å²) in [5, 5.41) is 0.700. The van der Waals surface area contributed by atoms with Gasteiger partial charge in [0.25, 0.3) is 5.91 Å². The van der Waals surface area contributed by atoms with Crippen LogP contribution in [0.2, 0.25) is 10.0 Å². The highest BCUT2D eigenvalue weighted by molar-refractivity contribution is 6.42. The number of halogens is 3. The van der Waals surface area contributed by atoms with E-state index in [-0.39, 0.29) is 30.4 Å². The van der Waals surface area contributed by atoms with E-state index in [1.54, 1.807) is 30.3 Å². The van der Waals surface area contributed by atoms with Crippen molar-refractivity contribution in [3.05, 3.63) is 63.9 Å². The van der Waals surface area contributed by atoms with Gasteiger partial charge in [-0.05, 0) is 43.7 Å². The molecule has 3 rings (SSSR count). The molecule has 2 aromatic carbocycles. The van der Waals surface area contributed by atoms with E-state index in [0.717, 1.165) is 18.7 Å². The second kappa shape index (κ2) is 9.12. The van der Waals surface area contributed by atoms with Crippen molar-refractivity contribution in [3.63, 3.8) is 0 Å². The van der Waals surface area contributed by atoms with Crippen molar-refractivity contribution in [2.75, 3.05) is 19.7 Å². The minimum Gasteiger partial charge on any atom is -0.482 e. The topological polar surface area (TPSA) is 32.8 Å². The second-order valence-corrected chi connectivity index (χ2v) is 7.93. The molecule has 1 fully saturated rings. The monoisotopic (exact) mass is 424 g/mol. The lowest BCUT2D eigenvalue weighted by Crippen LogP contribution is -2.58. The van der Waals surface area contributed by atoms with Gasteiger partial charge in [-0.1, -0.05) is 41.4 Å². The maximum Gasteiger partial charge on any atom is 0.260 e. The van der Waals surface area contributed by atoms with Gasteiger partial charge in [-0.25, -0.2) is 4.39 Å². The summed E-state index contributed by atoms with van der Waals surface area (Å²) in [4.78, 5) is 16.8.